The molecule has 9 nitrogen and oxygen atoms in total. The Hall–Kier alpha value is -2.96. The van der Waals surface area contributed by atoms with Gasteiger partial charge in [0.1, 0.15) is 17.8 Å². The van der Waals surface area contributed by atoms with Gasteiger partial charge in [-0.15, -0.1) is 0 Å². The minimum Gasteiger partial charge on any atom is -0.394 e. The zero-order chi connectivity index (χ0) is 28.6. The minimum absolute atomic E-state index is 0.0225. The molecule has 1 fully saturated rings. The van der Waals surface area contributed by atoms with Crippen molar-refractivity contribution in [3.05, 3.63) is 64.1 Å². The number of hydrogen-bond acceptors (Lipinski definition) is 8. The van der Waals surface area contributed by atoms with Crippen LogP contribution in [0.15, 0.2) is 47.4 Å². The van der Waals surface area contributed by atoms with E-state index in [0.717, 1.165) is 6.07 Å². The molecular weight excluding hydrogens is 559 g/mol. The average Bonchev–Trinajstić information content (AvgIpc) is 3.29. The summed E-state index contributed by atoms with van der Waals surface area (Å²) in [7, 11) is 3.00. The number of carbonyl (C=O) groups excluding carboxylic acids is 2. The number of aliphatic hydroxyl groups excluding tert-OH is 1. The van der Waals surface area contributed by atoms with E-state index in [9.17, 15) is 32.7 Å². The highest BCUT2D eigenvalue weighted by Crippen LogP contribution is 2.34. The fourth-order valence-electron chi connectivity index (χ4n) is 3.71. The molecule has 39 heavy (non-hydrogen) atoms. The van der Waals surface area contributed by atoms with Crippen LogP contribution in [0, 0.1) is 11.8 Å². The molecule has 3 N–H and O–H groups in total. The third kappa shape index (κ3) is 8.51. The number of ether oxygens (including phenoxy) is 2. The molecule has 0 saturated carbocycles. The molecule has 1 aliphatic rings. The van der Waals surface area contributed by atoms with Crippen molar-refractivity contribution in [3.63, 3.8) is 0 Å². The SMILES string of the molecule is CSS[C@@H](C)OC1C[C@H](n2cc(C#CCNC(=O)C(F)(F)F)c(NC(=O)c3ccccc3)cc2=O)O[C@@H]1CO. The second kappa shape index (κ2) is 13.9. The molecule has 210 valence electrons. The van der Waals surface area contributed by atoms with E-state index in [1.165, 1.54) is 32.4 Å². The van der Waals surface area contributed by atoms with Crippen LogP contribution in [0.4, 0.5) is 18.9 Å². The summed E-state index contributed by atoms with van der Waals surface area (Å²) in [5, 5.41) is 14.0. The molecule has 0 spiro atoms. The molecule has 4 atom stereocenters. The van der Waals surface area contributed by atoms with Gasteiger partial charge in [-0.05, 0) is 25.3 Å². The fraction of sp³-hybridized carbons (Fsp3) is 0.400. The lowest BCUT2D eigenvalue weighted by Crippen LogP contribution is -2.36. The van der Waals surface area contributed by atoms with E-state index >= 15 is 0 Å². The Labute approximate surface area is 230 Å². The van der Waals surface area contributed by atoms with E-state index in [1.54, 1.807) is 35.6 Å². The first-order valence-corrected chi connectivity index (χ1v) is 14.2. The van der Waals surface area contributed by atoms with Gasteiger partial charge in [0.15, 0.2) is 0 Å². The van der Waals surface area contributed by atoms with Gasteiger partial charge in [-0.1, -0.05) is 51.6 Å². The summed E-state index contributed by atoms with van der Waals surface area (Å²) in [5.41, 5.74) is -0.334. The summed E-state index contributed by atoms with van der Waals surface area (Å²) in [6.45, 7) is 0.880. The van der Waals surface area contributed by atoms with Crippen LogP contribution in [0.5, 0.6) is 0 Å². The molecule has 1 aromatic heterocycles. The van der Waals surface area contributed by atoms with E-state index in [0.29, 0.717) is 5.56 Å². The highest BCUT2D eigenvalue weighted by Gasteiger charge is 2.39. The number of pyridine rings is 1. The molecule has 1 saturated heterocycles. The van der Waals surface area contributed by atoms with Gasteiger partial charge in [0, 0.05) is 24.2 Å². The van der Waals surface area contributed by atoms with Crippen LogP contribution in [0.25, 0.3) is 0 Å². The molecule has 0 aliphatic carbocycles. The maximum Gasteiger partial charge on any atom is 0.471 e. The van der Waals surface area contributed by atoms with Crippen molar-refractivity contribution in [1.82, 2.24) is 9.88 Å². The molecule has 2 amide bonds. The molecule has 1 aromatic carbocycles. The summed E-state index contributed by atoms with van der Waals surface area (Å²) >= 11 is 0. The number of benzene rings is 1. The van der Waals surface area contributed by atoms with Crippen LogP contribution in [0.2, 0.25) is 0 Å². The predicted molar refractivity (Wildman–Crippen MR) is 142 cm³/mol. The summed E-state index contributed by atoms with van der Waals surface area (Å²) in [6.07, 6.45) is -3.66. The van der Waals surface area contributed by atoms with Crippen LogP contribution < -0.4 is 16.2 Å². The number of alkyl halides is 3. The molecule has 2 aromatic rings. The van der Waals surface area contributed by atoms with Gasteiger partial charge in [-0.3, -0.25) is 19.0 Å². The lowest BCUT2D eigenvalue weighted by molar-refractivity contribution is -0.173. The Morgan fingerprint density at radius 1 is 1.31 bits per heavy atom. The zero-order valence-corrected chi connectivity index (χ0v) is 22.5. The smallest absolute Gasteiger partial charge is 0.394 e. The van der Waals surface area contributed by atoms with E-state index in [4.69, 9.17) is 9.47 Å². The normalized spacial score (nSPS) is 19.6. The van der Waals surface area contributed by atoms with Crippen molar-refractivity contribution < 1.29 is 37.3 Å². The maximum atomic E-state index is 13.0. The predicted octanol–water partition coefficient (Wildman–Crippen LogP) is 3.15. The Bertz CT molecular complexity index is 1280. The molecule has 2 heterocycles. The van der Waals surface area contributed by atoms with Crippen LogP contribution >= 0.6 is 21.6 Å². The van der Waals surface area contributed by atoms with Gasteiger partial charge >= 0.3 is 12.1 Å². The largest absolute Gasteiger partial charge is 0.471 e. The van der Waals surface area contributed by atoms with Gasteiger partial charge in [0.05, 0.1) is 30.5 Å². The first kappa shape index (κ1) is 30.6. The second-order valence-electron chi connectivity index (χ2n) is 8.20. The minimum atomic E-state index is -5.06. The quantitative estimate of drug-likeness (QED) is 0.233. The maximum absolute atomic E-state index is 13.0. The standard InChI is InChI=1S/C25H26F3N3O6S2/c1-15(39-38-2)36-19-12-22(37-20(19)14-32)31-13-17(9-6-10-29-24(35)25(26,27)28)18(11-21(31)33)30-23(34)16-7-4-3-5-8-16/h3-5,7-8,11,13,15,19-20,22,32H,10,12,14H2,1-2H3,(H,29,35)(H,30,34)/t15-,19?,20+,22+/m0/s1. The number of nitrogens with zero attached hydrogens (tertiary/aromatic N) is 1. The van der Waals surface area contributed by atoms with E-state index in [2.05, 4.69) is 17.2 Å². The first-order chi connectivity index (χ1) is 18.5. The van der Waals surface area contributed by atoms with Crippen LogP contribution in [0.3, 0.4) is 0 Å². The summed E-state index contributed by atoms with van der Waals surface area (Å²) in [4.78, 5) is 36.8. The van der Waals surface area contributed by atoms with E-state index in [-0.39, 0.29) is 29.7 Å². The number of halogens is 3. The molecule has 1 aliphatic heterocycles. The van der Waals surface area contributed by atoms with Crippen molar-refractivity contribution in [3.8, 4) is 11.8 Å². The second-order valence-corrected chi connectivity index (χ2v) is 11.0. The molecule has 0 bridgehead atoms. The number of aromatic nitrogens is 1. The van der Waals surface area contributed by atoms with Crippen LogP contribution in [-0.2, 0) is 14.3 Å². The molecule has 1 unspecified atom stereocenters. The summed E-state index contributed by atoms with van der Waals surface area (Å²) in [6, 6.07) is 9.28. The third-order valence-corrected chi connectivity index (χ3v) is 7.42. The van der Waals surface area contributed by atoms with Gasteiger partial charge in [0.25, 0.3) is 11.5 Å². The monoisotopic (exact) mass is 585 g/mol. The summed E-state index contributed by atoms with van der Waals surface area (Å²) in [5.74, 6) is 2.33. The number of hydrogen-bond donors (Lipinski definition) is 3. The topological polar surface area (TPSA) is 119 Å². The van der Waals surface area contributed by atoms with Gasteiger partial charge in [0.2, 0.25) is 0 Å². The number of aliphatic hydroxyl groups is 1. The lowest BCUT2D eigenvalue weighted by Gasteiger charge is -2.20. The first-order valence-electron chi connectivity index (χ1n) is 11.6. The Morgan fingerprint density at radius 3 is 2.67 bits per heavy atom. The lowest BCUT2D eigenvalue weighted by atomic mass is 10.1. The highest BCUT2D eigenvalue weighted by molar-refractivity contribution is 8.76. The van der Waals surface area contributed by atoms with Crippen molar-refractivity contribution in [2.45, 2.75) is 43.4 Å². The number of amides is 2. The van der Waals surface area contributed by atoms with Crippen molar-refractivity contribution >= 4 is 39.1 Å². The summed E-state index contributed by atoms with van der Waals surface area (Å²) < 4.78 is 50.4. The highest BCUT2D eigenvalue weighted by atomic mass is 33.1. The van der Waals surface area contributed by atoms with E-state index < -0.39 is 48.5 Å². The fourth-order valence-corrected chi connectivity index (χ4v) is 5.12. The number of nitrogens with one attached hydrogen (secondary N) is 2. The Morgan fingerprint density at radius 2 is 2.03 bits per heavy atom. The number of carbonyl (C=O) groups is 2. The molecule has 3 rings (SSSR count). The van der Waals surface area contributed by atoms with E-state index in [1.807, 2.05) is 13.2 Å². The third-order valence-electron chi connectivity index (χ3n) is 5.45. The van der Waals surface area contributed by atoms with Crippen molar-refractivity contribution in [2.24, 2.45) is 0 Å². The average molecular weight is 586 g/mol. The molecule has 0 radical (unpaired) electrons. The van der Waals surface area contributed by atoms with Gasteiger partial charge in [-0.2, -0.15) is 13.2 Å². The Kier molecular flexibility index (Phi) is 10.9. The molecular formula is C25H26F3N3O6S2. The van der Waals surface area contributed by atoms with Crippen molar-refractivity contribution in [2.75, 3.05) is 24.7 Å². The number of anilines is 1. The number of rotatable bonds is 9. The van der Waals surface area contributed by atoms with Crippen LogP contribution in [-0.4, -0.2) is 64.7 Å². The zero-order valence-electron chi connectivity index (χ0n) is 20.9. The van der Waals surface area contributed by atoms with Gasteiger partial charge < -0.3 is 25.2 Å². The Balaban J connectivity index is 1.90. The van der Waals surface area contributed by atoms with Crippen molar-refractivity contribution in [1.29, 1.82) is 0 Å². The van der Waals surface area contributed by atoms with Crippen LogP contribution in [0.1, 0.15) is 35.5 Å². The van der Waals surface area contributed by atoms with Gasteiger partial charge in [-0.25, -0.2) is 0 Å². The molecule has 14 heteroatoms.